The Balaban J connectivity index is 1.73. The van der Waals surface area contributed by atoms with E-state index >= 15 is 0 Å². The van der Waals surface area contributed by atoms with Crippen molar-refractivity contribution in [2.45, 2.75) is 45.4 Å². The summed E-state index contributed by atoms with van der Waals surface area (Å²) >= 11 is 0. The summed E-state index contributed by atoms with van der Waals surface area (Å²) in [6.45, 7) is 4.75. The van der Waals surface area contributed by atoms with E-state index in [0.29, 0.717) is 6.42 Å². The highest BCUT2D eigenvalue weighted by Gasteiger charge is 2.41. The normalized spacial score (nSPS) is 26.1. The van der Waals surface area contributed by atoms with E-state index in [9.17, 15) is 10.2 Å². The zero-order chi connectivity index (χ0) is 17.8. The van der Waals surface area contributed by atoms with Gasteiger partial charge in [-0.2, -0.15) is 0 Å². The molecule has 1 saturated carbocycles. The minimum absolute atomic E-state index is 0.00154. The van der Waals surface area contributed by atoms with Crippen molar-refractivity contribution in [3.63, 3.8) is 0 Å². The molecule has 3 N–H and O–H groups in total. The van der Waals surface area contributed by atoms with Crippen LogP contribution in [0.4, 0.5) is 0 Å². The summed E-state index contributed by atoms with van der Waals surface area (Å²) < 4.78 is 0. The average Bonchev–Trinajstić information content (AvgIpc) is 2.89. The SMILES string of the molecule is Cc1nccc(CC2C(NCc3ccccc3C)CC(O)C2CO)n1. The highest BCUT2D eigenvalue weighted by Crippen LogP contribution is 2.34. The van der Waals surface area contributed by atoms with Crippen LogP contribution in [0.3, 0.4) is 0 Å². The van der Waals surface area contributed by atoms with Gasteiger partial charge in [0.25, 0.3) is 0 Å². The van der Waals surface area contributed by atoms with Crippen molar-refractivity contribution >= 4 is 0 Å². The predicted molar refractivity (Wildman–Crippen MR) is 97.0 cm³/mol. The molecular weight excluding hydrogens is 314 g/mol. The summed E-state index contributed by atoms with van der Waals surface area (Å²) in [5.41, 5.74) is 3.49. The van der Waals surface area contributed by atoms with Crippen molar-refractivity contribution < 1.29 is 10.2 Å². The third-order valence-corrected chi connectivity index (χ3v) is 5.36. The van der Waals surface area contributed by atoms with Gasteiger partial charge in [0.2, 0.25) is 0 Å². The van der Waals surface area contributed by atoms with Gasteiger partial charge in [-0.25, -0.2) is 9.97 Å². The summed E-state index contributed by atoms with van der Waals surface area (Å²) in [6, 6.07) is 10.4. The number of aryl methyl sites for hydroxylation is 2. The van der Waals surface area contributed by atoms with E-state index in [0.717, 1.165) is 24.5 Å². The molecule has 1 aromatic carbocycles. The first kappa shape index (κ1) is 18.0. The van der Waals surface area contributed by atoms with Gasteiger partial charge >= 0.3 is 0 Å². The Labute approximate surface area is 149 Å². The number of benzene rings is 1. The van der Waals surface area contributed by atoms with Crippen LogP contribution in [0.5, 0.6) is 0 Å². The van der Waals surface area contributed by atoms with Crippen molar-refractivity contribution in [2.75, 3.05) is 6.61 Å². The maximum atomic E-state index is 10.4. The Morgan fingerprint density at radius 2 is 1.96 bits per heavy atom. The van der Waals surface area contributed by atoms with Crippen LogP contribution >= 0.6 is 0 Å². The van der Waals surface area contributed by atoms with Crippen LogP contribution < -0.4 is 5.32 Å². The summed E-state index contributed by atoms with van der Waals surface area (Å²) in [4.78, 5) is 8.64. The third kappa shape index (κ3) is 4.24. The fourth-order valence-corrected chi connectivity index (χ4v) is 3.89. The Hall–Kier alpha value is -1.82. The molecule has 134 valence electrons. The molecule has 1 heterocycles. The van der Waals surface area contributed by atoms with E-state index < -0.39 is 6.10 Å². The molecule has 2 aromatic rings. The van der Waals surface area contributed by atoms with Crippen LogP contribution in [0.15, 0.2) is 36.5 Å². The van der Waals surface area contributed by atoms with Crippen LogP contribution in [-0.2, 0) is 13.0 Å². The second kappa shape index (κ2) is 8.04. The first-order chi connectivity index (χ1) is 12.1. The topological polar surface area (TPSA) is 78.3 Å². The number of nitrogens with one attached hydrogen (secondary N) is 1. The Kier molecular flexibility index (Phi) is 5.78. The van der Waals surface area contributed by atoms with Gasteiger partial charge in [-0.1, -0.05) is 24.3 Å². The first-order valence-corrected chi connectivity index (χ1v) is 8.94. The molecule has 0 bridgehead atoms. The second-order valence-electron chi connectivity index (χ2n) is 7.03. The molecule has 0 aliphatic heterocycles. The molecule has 1 aliphatic carbocycles. The molecule has 0 radical (unpaired) electrons. The summed E-state index contributed by atoms with van der Waals surface area (Å²) in [6.07, 6.45) is 2.68. The monoisotopic (exact) mass is 341 g/mol. The third-order valence-electron chi connectivity index (χ3n) is 5.36. The lowest BCUT2D eigenvalue weighted by Crippen LogP contribution is -2.36. The van der Waals surface area contributed by atoms with Crippen molar-refractivity contribution in [1.82, 2.24) is 15.3 Å². The lowest BCUT2D eigenvalue weighted by molar-refractivity contribution is 0.0716. The highest BCUT2D eigenvalue weighted by molar-refractivity contribution is 5.25. The number of aliphatic hydroxyl groups excluding tert-OH is 2. The number of hydrogen-bond donors (Lipinski definition) is 3. The summed E-state index contributed by atoms with van der Waals surface area (Å²) in [5, 5.41) is 23.8. The van der Waals surface area contributed by atoms with Crippen molar-refractivity contribution in [1.29, 1.82) is 0 Å². The minimum atomic E-state index is -0.479. The van der Waals surface area contributed by atoms with Crippen LogP contribution in [0.1, 0.15) is 29.1 Å². The Morgan fingerprint density at radius 3 is 2.68 bits per heavy atom. The van der Waals surface area contributed by atoms with E-state index in [1.807, 2.05) is 25.1 Å². The standard InChI is InChI=1S/C20H27N3O2/c1-13-5-3-4-6-15(13)11-22-19-10-20(25)18(12-24)17(19)9-16-7-8-21-14(2)23-16/h3-8,17-20,22,24-25H,9-12H2,1-2H3. The largest absolute Gasteiger partial charge is 0.396 e. The van der Waals surface area contributed by atoms with Crippen LogP contribution in [0.2, 0.25) is 0 Å². The van der Waals surface area contributed by atoms with Gasteiger partial charge in [0, 0.05) is 37.0 Å². The highest BCUT2D eigenvalue weighted by atomic mass is 16.3. The second-order valence-corrected chi connectivity index (χ2v) is 7.03. The zero-order valence-electron chi connectivity index (χ0n) is 14.9. The maximum Gasteiger partial charge on any atom is 0.125 e. The molecule has 3 rings (SSSR count). The molecule has 0 amide bonds. The van der Waals surface area contributed by atoms with Gasteiger partial charge in [0.1, 0.15) is 5.82 Å². The fraction of sp³-hybridized carbons (Fsp3) is 0.500. The van der Waals surface area contributed by atoms with E-state index in [1.54, 1.807) is 6.20 Å². The van der Waals surface area contributed by atoms with Crippen LogP contribution in [0, 0.1) is 25.7 Å². The van der Waals surface area contributed by atoms with Crippen molar-refractivity contribution in [3.05, 3.63) is 59.2 Å². The average molecular weight is 341 g/mol. The van der Waals surface area contributed by atoms with E-state index in [1.165, 1.54) is 11.1 Å². The molecule has 1 aliphatic rings. The maximum absolute atomic E-state index is 10.4. The first-order valence-electron chi connectivity index (χ1n) is 8.94. The predicted octanol–water partition coefficient (Wildman–Crippen LogP) is 1.78. The zero-order valence-corrected chi connectivity index (χ0v) is 14.9. The lowest BCUT2D eigenvalue weighted by atomic mass is 9.88. The molecule has 0 spiro atoms. The molecule has 0 saturated heterocycles. The van der Waals surface area contributed by atoms with Crippen LogP contribution in [0.25, 0.3) is 0 Å². The van der Waals surface area contributed by atoms with Gasteiger partial charge < -0.3 is 15.5 Å². The molecule has 4 unspecified atom stereocenters. The minimum Gasteiger partial charge on any atom is -0.396 e. The van der Waals surface area contributed by atoms with E-state index in [4.69, 9.17) is 0 Å². The van der Waals surface area contributed by atoms with Crippen molar-refractivity contribution in [2.24, 2.45) is 11.8 Å². The number of nitrogens with zero attached hydrogens (tertiary/aromatic N) is 2. The van der Waals surface area contributed by atoms with E-state index in [-0.39, 0.29) is 24.5 Å². The number of aromatic nitrogens is 2. The summed E-state index contributed by atoms with van der Waals surface area (Å²) in [7, 11) is 0. The van der Waals surface area contributed by atoms with Gasteiger partial charge in [-0.3, -0.25) is 0 Å². The van der Waals surface area contributed by atoms with Crippen LogP contribution in [-0.4, -0.2) is 38.9 Å². The van der Waals surface area contributed by atoms with Gasteiger partial charge in [-0.05, 0) is 49.8 Å². The molecule has 1 fully saturated rings. The van der Waals surface area contributed by atoms with Gasteiger partial charge in [-0.15, -0.1) is 0 Å². The fourth-order valence-electron chi connectivity index (χ4n) is 3.89. The van der Waals surface area contributed by atoms with Crippen molar-refractivity contribution in [3.8, 4) is 0 Å². The van der Waals surface area contributed by atoms with E-state index in [2.05, 4.69) is 34.3 Å². The molecule has 4 atom stereocenters. The smallest absolute Gasteiger partial charge is 0.125 e. The number of hydrogen-bond acceptors (Lipinski definition) is 5. The number of aliphatic hydroxyl groups is 2. The quantitative estimate of drug-likeness (QED) is 0.746. The number of rotatable bonds is 6. The summed E-state index contributed by atoms with van der Waals surface area (Å²) in [5.74, 6) is 0.781. The molecule has 5 nitrogen and oxygen atoms in total. The Bertz CT molecular complexity index is 707. The molecular formula is C20H27N3O2. The van der Waals surface area contributed by atoms with Gasteiger partial charge in [0.15, 0.2) is 0 Å². The lowest BCUT2D eigenvalue weighted by Gasteiger charge is -2.25. The van der Waals surface area contributed by atoms with Gasteiger partial charge in [0.05, 0.1) is 6.10 Å². The Morgan fingerprint density at radius 1 is 1.16 bits per heavy atom. The molecule has 25 heavy (non-hydrogen) atoms. The molecule has 5 heteroatoms. The molecule has 1 aromatic heterocycles.